The zero-order valence-corrected chi connectivity index (χ0v) is 10.6. The van der Waals surface area contributed by atoms with Gasteiger partial charge in [-0.25, -0.2) is 4.39 Å². The third-order valence-corrected chi connectivity index (χ3v) is 3.85. The van der Waals surface area contributed by atoms with Gasteiger partial charge in [-0.3, -0.25) is 0 Å². The van der Waals surface area contributed by atoms with Crippen molar-refractivity contribution in [2.24, 2.45) is 5.41 Å². The van der Waals surface area contributed by atoms with E-state index in [0.29, 0.717) is 0 Å². The van der Waals surface area contributed by atoms with Crippen LogP contribution in [0.1, 0.15) is 19.4 Å². The first kappa shape index (κ1) is 12.0. The van der Waals surface area contributed by atoms with Gasteiger partial charge in [-0.1, -0.05) is 47.4 Å². The smallest absolute Gasteiger partial charge is 0.142 e. The summed E-state index contributed by atoms with van der Waals surface area (Å²) in [6, 6.07) is 4.99. The molecular weight excluding hydrogens is 266 g/mol. The Balaban J connectivity index is 2.83. The fourth-order valence-electron chi connectivity index (χ4n) is 1.25. The van der Waals surface area contributed by atoms with Crippen LogP contribution in [-0.4, -0.2) is 5.33 Å². The van der Waals surface area contributed by atoms with Crippen molar-refractivity contribution in [2.75, 3.05) is 5.33 Å². The van der Waals surface area contributed by atoms with Gasteiger partial charge in [0, 0.05) is 5.33 Å². The van der Waals surface area contributed by atoms with Gasteiger partial charge in [0.25, 0.3) is 0 Å². The number of alkyl halides is 1. The Morgan fingerprint density at radius 1 is 1.43 bits per heavy atom. The van der Waals surface area contributed by atoms with Gasteiger partial charge in [-0.15, -0.1) is 0 Å². The van der Waals surface area contributed by atoms with Crippen molar-refractivity contribution in [3.63, 3.8) is 0 Å². The maximum Gasteiger partial charge on any atom is 0.142 e. The molecule has 0 N–H and O–H groups in total. The summed E-state index contributed by atoms with van der Waals surface area (Å²) in [7, 11) is 0. The first-order valence-corrected chi connectivity index (χ1v) is 5.94. The lowest BCUT2D eigenvalue weighted by molar-refractivity contribution is 0.424. The van der Waals surface area contributed by atoms with Crippen LogP contribution in [0.3, 0.4) is 0 Å². The molecule has 0 amide bonds. The van der Waals surface area contributed by atoms with E-state index in [9.17, 15) is 4.39 Å². The Kier molecular flexibility index (Phi) is 3.96. The molecule has 78 valence electrons. The fourth-order valence-corrected chi connectivity index (χ4v) is 1.57. The van der Waals surface area contributed by atoms with Gasteiger partial charge in [0.05, 0.1) is 5.02 Å². The molecule has 14 heavy (non-hydrogen) atoms. The van der Waals surface area contributed by atoms with Crippen LogP contribution < -0.4 is 0 Å². The van der Waals surface area contributed by atoms with Crippen molar-refractivity contribution in [3.8, 4) is 0 Å². The van der Waals surface area contributed by atoms with Crippen molar-refractivity contribution >= 4 is 27.5 Å². The standard InChI is InChI=1S/C11H13BrClF/c1-11(2,7-12)6-8-3-4-9(13)10(14)5-8/h3-5H,6-7H2,1-2H3. The second kappa shape index (κ2) is 4.63. The first-order valence-electron chi connectivity index (χ1n) is 4.44. The van der Waals surface area contributed by atoms with Gasteiger partial charge in [0.2, 0.25) is 0 Å². The molecule has 0 saturated heterocycles. The quantitative estimate of drug-likeness (QED) is 0.718. The molecule has 0 radical (unpaired) electrons. The van der Waals surface area contributed by atoms with Crippen molar-refractivity contribution in [1.82, 2.24) is 0 Å². The molecule has 0 unspecified atom stereocenters. The normalized spacial score (nSPS) is 11.8. The van der Waals surface area contributed by atoms with Crippen LogP contribution in [0, 0.1) is 11.2 Å². The molecule has 3 heteroatoms. The van der Waals surface area contributed by atoms with Crippen molar-refractivity contribution < 1.29 is 4.39 Å². The predicted octanol–water partition coefficient (Wildman–Crippen LogP) is 4.44. The molecule has 0 aliphatic heterocycles. The topological polar surface area (TPSA) is 0 Å². The average molecular weight is 280 g/mol. The fraction of sp³-hybridized carbons (Fsp3) is 0.455. The predicted molar refractivity (Wildman–Crippen MR) is 62.7 cm³/mol. The van der Waals surface area contributed by atoms with E-state index in [2.05, 4.69) is 29.8 Å². The van der Waals surface area contributed by atoms with Crippen LogP contribution in [0.2, 0.25) is 5.02 Å². The molecule has 0 heterocycles. The zero-order valence-electron chi connectivity index (χ0n) is 8.28. The van der Waals surface area contributed by atoms with E-state index < -0.39 is 0 Å². The lowest BCUT2D eigenvalue weighted by Crippen LogP contribution is -2.16. The Morgan fingerprint density at radius 3 is 2.57 bits per heavy atom. The highest BCUT2D eigenvalue weighted by molar-refractivity contribution is 9.09. The largest absolute Gasteiger partial charge is 0.205 e. The van der Waals surface area contributed by atoms with Gasteiger partial charge < -0.3 is 0 Å². The molecule has 0 saturated carbocycles. The minimum Gasteiger partial charge on any atom is -0.205 e. The Morgan fingerprint density at radius 2 is 2.07 bits per heavy atom. The summed E-state index contributed by atoms with van der Waals surface area (Å²) in [5, 5.41) is 1.08. The zero-order chi connectivity index (χ0) is 10.8. The van der Waals surface area contributed by atoms with E-state index in [1.807, 2.05) is 6.07 Å². The van der Waals surface area contributed by atoms with Crippen LogP contribution in [0.5, 0.6) is 0 Å². The maximum atomic E-state index is 13.1. The van der Waals surface area contributed by atoms with Crippen molar-refractivity contribution in [2.45, 2.75) is 20.3 Å². The van der Waals surface area contributed by atoms with Gasteiger partial charge >= 0.3 is 0 Å². The highest BCUT2D eigenvalue weighted by Gasteiger charge is 2.17. The van der Waals surface area contributed by atoms with Crippen LogP contribution in [-0.2, 0) is 6.42 Å². The van der Waals surface area contributed by atoms with E-state index >= 15 is 0 Å². The molecule has 1 aromatic rings. The molecule has 0 bridgehead atoms. The number of hydrogen-bond donors (Lipinski definition) is 0. The van der Waals surface area contributed by atoms with Gasteiger partial charge in [0.15, 0.2) is 0 Å². The van der Waals surface area contributed by atoms with Crippen molar-refractivity contribution in [3.05, 3.63) is 34.6 Å². The van der Waals surface area contributed by atoms with E-state index in [1.165, 1.54) is 6.07 Å². The summed E-state index contributed by atoms with van der Waals surface area (Å²) >= 11 is 9.04. The molecule has 1 rings (SSSR count). The lowest BCUT2D eigenvalue weighted by Gasteiger charge is -2.21. The summed E-state index contributed by atoms with van der Waals surface area (Å²) < 4.78 is 13.1. The van der Waals surface area contributed by atoms with Crippen LogP contribution in [0.4, 0.5) is 4.39 Å². The highest BCUT2D eigenvalue weighted by Crippen LogP contribution is 2.25. The van der Waals surface area contributed by atoms with E-state index in [1.54, 1.807) is 6.07 Å². The number of benzene rings is 1. The third kappa shape index (κ3) is 3.25. The van der Waals surface area contributed by atoms with Crippen LogP contribution in [0.15, 0.2) is 18.2 Å². The molecule has 0 aromatic heterocycles. The number of halogens is 3. The summed E-state index contributed by atoms with van der Waals surface area (Å²) in [6.07, 6.45) is 0.840. The molecule has 0 atom stereocenters. The summed E-state index contributed by atoms with van der Waals surface area (Å²) in [4.78, 5) is 0. The third-order valence-electron chi connectivity index (χ3n) is 2.03. The molecule has 0 nitrogen and oxygen atoms in total. The summed E-state index contributed by atoms with van der Waals surface area (Å²) in [6.45, 7) is 4.27. The monoisotopic (exact) mass is 278 g/mol. The average Bonchev–Trinajstić information content (AvgIpc) is 2.11. The Bertz CT molecular complexity index is 323. The van der Waals surface area contributed by atoms with Crippen LogP contribution >= 0.6 is 27.5 Å². The molecule has 0 spiro atoms. The Hall–Kier alpha value is -0.0800. The first-order chi connectivity index (χ1) is 6.44. The lowest BCUT2D eigenvalue weighted by atomic mass is 9.88. The number of hydrogen-bond acceptors (Lipinski definition) is 0. The molecule has 0 aliphatic carbocycles. The minimum absolute atomic E-state index is 0.139. The SMILES string of the molecule is CC(C)(CBr)Cc1ccc(Cl)c(F)c1. The second-order valence-electron chi connectivity index (χ2n) is 4.22. The molecule has 1 aromatic carbocycles. The van der Waals surface area contributed by atoms with E-state index in [-0.39, 0.29) is 16.3 Å². The van der Waals surface area contributed by atoms with Gasteiger partial charge in [0.1, 0.15) is 5.82 Å². The van der Waals surface area contributed by atoms with Crippen molar-refractivity contribution in [1.29, 1.82) is 0 Å². The van der Waals surface area contributed by atoms with Gasteiger partial charge in [-0.05, 0) is 29.5 Å². The second-order valence-corrected chi connectivity index (χ2v) is 5.19. The minimum atomic E-state index is -0.338. The van der Waals surface area contributed by atoms with E-state index in [0.717, 1.165) is 17.3 Å². The Labute approximate surface area is 97.6 Å². The van der Waals surface area contributed by atoms with Crippen LogP contribution in [0.25, 0.3) is 0 Å². The maximum absolute atomic E-state index is 13.1. The summed E-state index contributed by atoms with van der Waals surface area (Å²) in [5.41, 5.74) is 1.12. The molecule has 0 aliphatic rings. The molecule has 0 fully saturated rings. The van der Waals surface area contributed by atoms with Gasteiger partial charge in [-0.2, -0.15) is 0 Å². The number of rotatable bonds is 3. The highest BCUT2D eigenvalue weighted by atomic mass is 79.9. The van der Waals surface area contributed by atoms with E-state index in [4.69, 9.17) is 11.6 Å². The summed E-state index contributed by atoms with van der Waals surface area (Å²) in [5.74, 6) is -0.338. The molecular formula is C11H13BrClF.